The summed E-state index contributed by atoms with van der Waals surface area (Å²) in [6, 6.07) is 4.13. The van der Waals surface area contributed by atoms with Gasteiger partial charge in [-0.2, -0.15) is 0 Å². The van der Waals surface area contributed by atoms with Crippen LogP contribution in [0.4, 0.5) is 0 Å². The Morgan fingerprint density at radius 1 is 1.37 bits per heavy atom. The summed E-state index contributed by atoms with van der Waals surface area (Å²) in [6.07, 6.45) is 3.84. The Morgan fingerprint density at radius 3 is 3.11 bits per heavy atom. The van der Waals surface area contributed by atoms with E-state index >= 15 is 0 Å². The van der Waals surface area contributed by atoms with Crippen LogP contribution in [0.25, 0.3) is 0 Å². The molecule has 19 heavy (non-hydrogen) atoms. The Bertz CT molecular complexity index is 575. The highest BCUT2D eigenvalue weighted by atomic mass is 15.4. The van der Waals surface area contributed by atoms with Crippen molar-refractivity contribution in [3.8, 4) is 0 Å². The van der Waals surface area contributed by atoms with Gasteiger partial charge in [-0.1, -0.05) is 18.2 Å². The molecule has 0 radical (unpaired) electrons. The molecule has 0 saturated carbocycles. The maximum Gasteiger partial charge on any atom is 0.0999 e. The van der Waals surface area contributed by atoms with Gasteiger partial charge in [0.2, 0.25) is 0 Å². The summed E-state index contributed by atoms with van der Waals surface area (Å²) in [5.41, 5.74) is 4.80. The number of nitrogens with zero attached hydrogens (tertiary/aromatic N) is 5. The second kappa shape index (κ2) is 5.09. The molecule has 0 saturated heterocycles. The highest BCUT2D eigenvalue weighted by Gasteiger charge is 2.20. The van der Waals surface area contributed by atoms with E-state index in [-0.39, 0.29) is 0 Å². The standard InChI is InChI=1S/C14H19N5/c1-3-12-11(5-4-7-15-12)9-19-14-6-8-18(2)10-13(14)16-17-19/h4-5,7H,3,6,8-10H2,1-2H3. The minimum atomic E-state index is 0.781. The average molecular weight is 257 g/mol. The molecule has 0 spiro atoms. The second-order valence-electron chi connectivity index (χ2n) is 5.09. The predicted octanol–water partition coefficient (Wildman–Crippen LogP) is 1.27. The highest BCUT2D eigenvalue weighted by Crippen LogP contribution is 2.17. The van der Waals surface area contributed by atoms with Gasteiger partial charge in [-0.3, -0.25) is 4.98 Å². The van der Waals surface area contributed by atoms with Crippen molar-refractivity contribution >= 4 is 0 Å². The van der Waals surface area contributed by atoms with E-state index < -0.39 is 0 Å². The summed E-state index contributed by atoms with van der Waals surface area (Å²) in [7, 11) is 2.12. The third kappa shape index (κ3) is 2.38. The van der Waals surface area contributed by atoms with Crippen molar-refractivity contribution in [3.05, 3.63) is 41.0 Å². The maximum atomic E-state index is 4.43. The van der Waals surface area contributed by atoms with Crippen LogP contribution in [-0.4, -0.2) is 38.5 Å². The van der Waals surface area contributed by atoms with Crippen LogP contribution in [-0.2, 0) is 25.9 Å². The number of hydrogen-bond donors (Lipinski definition) is 0. The summed E-state index contributed by atoms with van der Waals surface area (Å²) in [5, 5.41) is 8.62. The summed E-state index contributed by atoms with van der Waals surface area (Å²) >= 11 is 0. The number of aromatic nitrogens is 4. The zero-order chi connectivity index (χ0) is 13.2. The summed E-state index contributed by atoms with van der Waals surface area (Å²) in [4.78, 5) is 6.71. The van der Waals surface area contributed by atoms with Gasteiger partial charge in [0.25, 0.3) is 0 Å². The van der Waals surface area contributed by atoms with Crippen molar-refractivity contribution in [3.63, 3.8) is 0 Å². The van der Waals surface area contributed by atoms with Gasteiger partial charge in [-0.25, -0.2) is 4.68 Å². The van der Waals surface area contributed by atoms with E-state index in [1.165, 1.54) is 11.3 Å². The minimum Gasteiger partial charge on any atom is -0.300 e. The molecule has 3 rings (SSSR count). The van der Waals surface area contributed by atoms with Crippen molar-refractivity contribution < 1.29 is 0 Å². The number of hydrogen-bond acceptors (Lipinski definition) is 4. The monoisotopic (exact) mass is 257 g/mol. The van der Waals surface area contributed by atoms with Crippen LogP contribution in [0.5, 0.6) is 0 Å². The van der Waals surface area contributed by atoms with Gasteiger partial charge >= 0.3 is 0 Å². The van der Waals surface area contributed by atoms with E-state index in [1.807, 2.05) is 16.9 Å². The molecule has 0 atom stereocenters. The minimum absolute atomic E-state index is 0.781. The molecular weight excluding hydrogens is 238 g/mol. The molecule has 0 bridgehead atoms. The number of likely N-dealkylation sites (N-methyl/N-ethyl adjacent to an activating group) is 1. The molecule has 1 aliphatic heterocycles. The number of rotatable bonds is 3. The van der Waals surface area contributed by atoms with Gasteiger partial charge in [-0.05, 0) is 25.1 Å². The Labute approximate surface area is 113 Å². The molecule has 5 nitrogen and oxygen atoms in total. The van der Waals surface area contributed by atoms with Crippen LogP contribution in [0, 0.1) is 0 Å². The smallest absolute Gasteiger partial charge is 0.0999 e. The molecule has 2 aromatic heterocycles. The number of fused-ring (bicyclic) bond motifs is 1. The van der Waals surface area contributed by atoms with Gasteiger partial charge in [0, 0.05) is 31.4 Å². The topological polar surface area (TPSA) is 46.8 Å². The molecule has 5 heteroatoms. The van der Waals surface area contributed by atoms with Crippen LogP contribution in [0.2, 0.25) is 0 Å². The number of aryl methyl sites for hydroxylation is 1. The van der Waals surface area contributed by atoms with Crippen molar-refractivity contribution in [1.82, 2.24) is 24.9 Å². The van der Waals surface area contributed by atoms with E-state index in [0.717, 1.165) is 43.9 Å². The molecule has 3 heterocycles. The van der Waals surface area contributed by atoms with Crippen LogP contribution < -0.4 is 0 Å². The van der Waals surface area contributed by atoms with Gasteiger partial charge < -0.3 is 4.90 Å². The third-order valence-electron chi connectivity index (χ3n) is 3.71. The molecule has 0 amide bonds. The first-order chi connectivity index (χ1) is 9.28. The van der Waals surface area contributed by atoms with Crippen molar-refractivity contribution in [2.24, 2.45) is 0 Å². The highest BCUT2D eigenvalue weighted by molar-refractivity contribution is 5.22. The van der Waals surface area contributed by atoms with Crippen molar-refractivity contribution in [2.45, 2.75) is 32.9 Å². The fourth-order valence-electron chi connectivity index (χ4n) is 2.62. The van der Waals surface area contributed by atoms with Gasteiger partial charge in [-0.15, -0.1) is 5.10 Å². The first kappa shape index (κ1) is 12.3. The molecular formula is C14H19N5. The molecule has 2 aromatic rings. The zero-order valence-corrected chi connectivity index (χ0v) is 11.5. The fraction of sp³-hybridized carbons (Fsp3) is 0.500. The first-order valence-corrected chi connectivity index (χ1v) is 6.80. The Morgan fingerprint density at radius 2 is 2.26 bits per heavy atom. The summed E-state index contributed by atoms with van der Waals surface area (Å²) in [6.45, 7) is 4.90. The normalized spacial score (nSPS) is 15.5. The van der Waals surface area contributed by atoms with E-state index in [0.29, 0.717) is 0 Å². The van der Waals surface area contributed by atoms with Gasteiger partial charge in [0.1, 0.15) is 0 Å². The van der Waals surface area contributed by atoms with Crippen LogP contribution >= 0.6 is 0 Å². The van der Waals surface area contributed by atoms with E-state index in [4.69, 9.17) is 0 Å². The Kier molecular flexibility index (Phi) is 3.29. The lowest BCUT2D eigenvalue weighted by Crippen LogP contribution is -2.27. The van der Waals surface area contributed by atoms with Crippen LogP contribution in [0.3, 0.4) is 0 Å². The van der Waals surface area contributed by atoms with E-state index in [9.17, 15) is 0 Å². The molecule has 0 unspecified atom stereocenters. The summed E-state index contributed by atoms with van der Waals surface area (Å²) < 4.78 is 2.04. The molecule has 0 fully saturated rings. The van der Waals surface area contributed by atoms with Gasteiger partial charge in [0.05, 0.1) is 17.9 Å². The quantitative estimate of drug-likeness (QED) is 0.831. The van der Waals surface area contributed by atoms with Crippen molar-refractivity contribution in [2.75, 3.05) is 13.6 Å². The molecule has 0 aromatic carbocycles. The maximum absolute atomic E-state index is 4.43. The predicted molar refractivity (Wildman–Crippen MR) is 72.8 cm³/mol. The average Bonchev–Trinajstić information content (AvgIpc) is 2.82. The SMILES string of the molecule is CCc1ncccc1Cn1nnc2c1CCN(C)C2. The fourth-order valence-corrected chi connectivity index (χ4v) is 2.62. The second-order valence-corrected chi connectivity index (χ2v) is 5.09. The molecule has 0 N–H and O–H groups in total. The third-order valence-corrected chi connectivity index (χ3v) is 3.71. The Balaban J connectivity index is 1.88. The van der Waals surface area contributed by atoms with Gasteiger partial charge in [0.15, 0.2) is 0 Å². The molecule has 0 aliphatic carbocycles. The lowest BCUT2D eigenvalue weighted by atomic mass is 10.1. The van der Waals surface area contributed by atoms with E-state index in [1.54, 1.807) is 0 Å². The first-order valence-electron chi connectivity index (χ1n) is 6.80. The molecule has 1 aliphatic rings. The Hall–Kier alpha value is -1.75. The number of pyridine rings is 1. The lowest BCUT2D eigenvalue weighted by molar-refractivity contribution is 0.305. The largest absolute Gasteiger partial charge is 0.300 e. The van der Waals surface area contributed by atoms with E-state index in [2.05, 4.69) is 40.2 Å². The van der Waals surface area contributed by atoms with Crippen molar-refractivity contribution in [1.29, 1.82) is 0 Å². The zero-order valence-electron chi connectivity index (χ0n) is 11.5. The van der Waals surface area contributed by atoms with Crippen LogP contribution in [0.1, 0.15) is 29.6 Å². The van der Waals surface area contributed by atoms with Crippen LogP contribution in [0.15, 0.2) is 18.3 Å². The lowest BCUT2D eigenvalue weighted by Gasteiger charge is -2.21. The summed E-state index contributed by atoms with van der Waals surface area (Å²) in [5.74, 6) is 0. The molecule has 100 valence electrons.